The van der Waals surface area contributed by atoms with Crippen molar-refractivity contribution in [2.45, 2.75) is 335 Å². The number of rotatable bonds is 59. The van der Waals surface area contributed by atoms with Crippen LogP contribution in [-0.2, 0) is 28.6 Å². The Balaban J connectivity index is 4.29. The number of hydrogen-bond acceptors (Lipinski definition) is 6. The van der Waals surface area contributed by atoms with Gasteiger partial charge >= 0.3 is 17.9 Å². The SMILES string of the molecule is CC/C=C\C/C=C\C/C=C\C/C=C\C/C=C\CC(=O)OC(COC(=O)CCCCCCCCCCCCCCCCC)COC(=O)CCCCCCCCCCCCCCCCC/C=C\CCCCCCCCCC. The summed E-state index contributed by atoms with van der Waals surface area (Å²) in [4.78, 5) is 38.2. The lowest BCUT2D eigenvalue weighted by Gasteiger charge is -2.18. The zero-order chi connectivity index (χ0) is 54.3. The van der Waals surface area contributed by atoms with Crippen LogP contribution in [0.4, 0.5) is 0 Å². The van der Waals surface area contributed by atoms with E-state index in [9.17, 15) is 14.4 Å². The van der Waals surface area contributed by atoms with E-state index >= 15 is 0 Å². The summed E-state index contributed by atoms with van der Waals surface area (Å²) in [5, 5.41) is 0. The summed E-state index contributed by atoms with van der Waals surface area (Å²) in [6, 6.07) is 0. The summed E-state index contributed by atoms with van der Waals surface area (Å²) >= 11 is 0. The van der Waals surface area contributed by atoms with Crippen molar-refractivity contribution >= 4 is 17.9 Å². The first kappa shape index (κ1) is 71.8. The summed E-state index contributed by atoms with van der Waals surface area (Å²) in [6.45, 7) is 6.49. The van der Waals surface area contributed by atoms with Crippen molar-refractivity contribution < 1.29 is 28.6 Å². The molecular weight excluding hydrogens is 925 g/mol. The van der Waals surface area contributed by atoms with E-state index in [0.717, 1.165) is 70.6 Å². The van der Waals surface area contributed by atoms with Gasteiger partial charge in [-0.3, -0.25) is 14.4 Å². The molecule has 0 heterocycles. The fourth-order valence-electron chi connectivity index (χ4n) is 9.40. The van der Waals surface area contributed by atoms with Gasteiger partial charge in [0.05, 0.1) is 6.42 Å². The summed E-state index contributed by atoms with van der Waals surface area (Å²) < 4.78 is 16.8. The maximum atomic E-state index is 12.8. The maximum absolute atomic E-state index is 12.8. The van der Waals surface area contributed by atoms with E-state index in [1.807, 2.05) is 6.08 Å². The van der Waals surface area contributed by atoms with Crippen molar-refractivity contribution in [2.75, 3.05) is 13.2 Å². The quantitative estimate of drug-likeness (QED) is 0.0261. The van der Waals surface area contributed by atoms with Crippen molar-refractivity contribution in [3.05, 3.63) is 72.9 Å². The van der Waals surface area contributed by atoms with Crippen LogP contribution in [0.3, 0.4) is 0 Å². The third-order valence-corrected chi connectivity index (χ3v) is 14.2. The number of esters is 3. The van der Waals surface area contributed by atoms with Gasteiger partial charge in [-0.05, 0) is 70.6 Å². The van der Waals surface area contributed by atoms with E-state index in [0.29, 0.717) is 12.8 Å². The fraction of sp³-hybridized carbons (Fsp3) is 0.783. The molecule has 0 amide bonds. The van der Waals surface area contributed by atoms with Crippen LogP contribution in [0.15, 0.2) is 72.9 Å². The minimum atomic E-state index is -0.828. The molecule has 0 aliphatic carbocycles. The molecular formula is C69H122O6. The Hall–Kier alpha value is -3.15. The van der Waals surface area contributed by atoms with Crippen LogP contribution in [0.2, 0.25) is 0 Å². The van der Waals surface area contributed by atoms with Gasteiger partial charge in [-0.25, -0.2) is 0 Å². The van der Waals surface area contributed by atoms with Gasteiger partial charge in [0.2, 0.25) is 0 Å². The Labute approximate surface area is 465 Å². The Morgan fingerprint density at radius 1 is 0.293 bits per heavy atom. The molecule has 0 aliphatic rings. The highest BCUT2D eigenvalue weighted by atomic mass is 16.6. The molecule has 0 aromatic rings. The summed E-state index contributed by atoms with van der Waals surface area (Å²) in [5.41, 5.74) is 0. The number of allylic oxidation sites excluding steroid dienone is 11. The molecule has 0 aliphatic heterocycles. The molecule has 0 saturated heterocycles. The van der Waals surface area contributed by atoms with Crippen molar-refractivity contribution in [1.29, 1.82) is 0 Å². The molecule has 0 bridgehead atoms. The molecule has 1 atom stereocenters. The smallest absolute Gasteiger partial charge is 0.310 e. The molecule has 6 heteroatoms. The molecule has 434 valence electrons. The second kappa shape index (κ2) is 63.4. The lowest BCUT2D eigenvalue weighted by molar-refractivity contribution is -0.166. The van der Waals surface area contributed by atoms with Crippen LogP contribution in [0, 0.1) is 0 Å². The van der Waals surface area contributed by atoms with E-state index < -0.39 is 12.1 Å². The van der Waals surface area contributed by atoms with Gasteiger partial charge in [-0.15, -0.1) is 0 Å². The summed E-state index contributed by atoms with van der Waals surface area (Å²) in [6.07, 6.45) is 82.4. The first-order chi connectivity index (χ1) is 37.0. The number of carbonyl (C=O) groups excluding carboxylic acids is 3. The van der Waals surface area contributed by atoms with E-state index in [4.69, 9.17) is 14.2 Å². The number of ether oxygens (including phenoxy) is 3. The van der Waals surface area contributed by atoms with E-state index in [1.54, 1.807) is 6.08 Å². The maximum Gasteiger partial charge on any atom is 0.310 e. The zero-order valence-corrected chi connectivity index (χ0v) is 49.8. The highest BCUT2D eigenvalue weighted by Crippen LogP contribution is 2.17. The molecule has 0 fully saturated rings. The van der Waals surface area contributed by atoms with Crippen molar-refractivity contribution in [3.8, 4) is 0 Å². The third kappa shape index (κ3) is 61.6. The van der Waals surface area contributed by atoms with Crippen LogP contribution in [-0.4, -0.2) is 37.2 Å². The van der Waals surface area contributed by atoms with Gasteiger partial charge in [-0.1, -0.05) is 312 Å². The average Bonchev–Trinajstić information content (AvgIpc) is 3.41. The van der Waals surface area contributed by atoms with E-state index in [-0.39, 0.29) is 31.6 Å². The first-order valence-corrected chi connectivity index (χ1v) is 32.4. The van der Waals surface area contributed by atoms with Crippen LogP contribution in [0.5, 0.6) is 0 Å². The van der Waals surface area contributed by atoms with Crippen molar-refractivity contribution in [1.82, 2.24) is 0 Å². The average molecular weight is 1050 g/mol. The molecule has 0 rings (SSSR count). The predicted molar refractivity (Wildman–Crippen MR) is 325 cm³/mol. The van der Waals surface area contributed by atoms with Gasteiger partial charge in [0, 0.05) is 12.8 Å². The predicted octanol–water partition coefficient (Wildman–Crippen LogP) is 22.1. The molecule has 0 aromatic heterocycles. The molecule has 0 spiro atoms. The first-order valence-electron chi connectivity index (χ1n) is 32.4. The molecule has 0 N–H and O–H groups in total. The van der Waals surface area contributed by atoms with E-state index in [2.05, 4.69) is 81.5 Å². The van der Waals surface area contributed by atoms with E-state index in [1.165, 1.54) is 218 Å². The van der Waals surface area contributed by atoms with Gasteiger partial charge < -0.3 is 14.2 Å². The second-order valence-corrected chi connectivity index (χ2v) is 21.7. The van der Waals surface area contributed by atoms with Gasteiger partial charge in [0.15, 0.2) is 6.10 Å². The van der Waals surface area contributed by atoms with Crippen LogP contribution < -0.4 is 0 Å². The molecule has 6 nitrogen and oxygen atoms in total. The Kier molecular flexibility index (Phi) is 60.7. The lowest BCUT2D eigenvalue weighted by Crippen LogP contribution is -2.30. The monoisotopic (exact) mass is 1050 g/mol. The van der Waals surface area contributed by atoms with Crippen LogP contribution in [0.25, 0.3) is 0 Å². The van der Waals surface area contributed by atoms with Crippen molar-refractivity contribution in [3.63, 3.8) is 0 Å². The van der Waals surface area contributed by atoms with Gasteiger partial charge in [-0.2, -0.15) is 0 Å². The fourth-order valence-corrected chi connectivity index (χ4v) is 9.40. The standard InChI is InChI=1S/C69H122O6/c1-4-7-10-13-16-19-22-25-28-29-30-31-32-33-34-35-36-37-38-39-42-44-47-50-53-56-59-62-68(71)74-65-66(75-69(72)63-60-57-54-51-48-45-41-27-24-21-18-15-12-9-6-3)64-73-67(70)61-58-55-52-49-46-43-40-26-23-20-17-14-11-8-5-2/h9,12,18,21,27,29-30,41,48,51,57,60,66H,4-8,10-11,13-17,19-20,22-26,28,31-40,42-47,49-50,52-56,58-59,61-65H2,1-3H3/b12-9-,21-18-,30-29-,41-27-,51-48-,60-57-. The van der Waals surface area contributed by atoms with Crippen LogP contribution >= 0.6 is 0 Å². The lowest BCUT2D eigenvalue weighted by atomic mass is 10.0. The molecule has 1 unspecified atom stereocenters. The zero-order valence-electron chi connectivity index (χ0n) is 49.8. The summed E-state index contributed by atoms with van der Waals surface area (Å²) in [7, 11) is 0. The van der Waals surface area contributed by atoms with Gasteiger partial charge in [0.25, 0.3) is 0 Å². The molecule has 0 radical (unpaired) electrons. The molecule has 0 aromatic carbocycles. The van der Waals surface area contributed by atoms with Gasteiger partial charge in [0.1, 0.15) is 13.2 Å². The normalized spacial score (nSPS) is 12.5. The minimum absolute atomic E-state index is 0.100. The Bertz CT molecular complexity index is 1390. The topological polar surface area (TPSA) is 78.9 Å². The molecule has 75 heavy (non-hydrogen) atoms. The highest BCUT2D eigenvalue weighted by molar-refractivity contribution is 5.72. The Morgan fingerprint density at radius 3 is 0.867 bits per heavy atom. The number of carbonyl (C=O) groups is 3. The largest absolute Gasteiger partial charge is 0.462 e. The summed E-state index contributed by atoms with van der Waals surface area (Å²) in [5.74, 6) is -1.02. The highest BCUT2D eigenvalue weighted by Gasteiger charge is 2.19. The third-order valence-electron chi connectivity index (χ3n) is 14.2. The second-order valence-electron chi connectivity index (χ2n) is 21.7. The van der Waals surface area contributed by atoms with Crippen LogP contribution in [0.1, 0.15) is 329 Å². The number of unbranched alkanes of at least 4 members (excludes halogenated alkanes) is 37. The number of hydrogen-bond donors (Lipinski definition) is 0. The van der Waals surface area contributed by atoms with Crippen molar-refractivity contribution in [2.24, 2.45) is 0 Å². The Morgan fingerprint density at radius 2 is 0.560 bits per heavy atom. The minimum Gasteiger partial charge on any atom is -0.462 e. The molecule has 0 saturated carbocycles.